The van der Waals surface area contributed by atoms with Gasteiger partial charge in [-0.2, -0.15) is 0 Å². The highest BCUT2D eigenvalue weighted by Crippen LogP contribution is 2.25. The number of piperidine rings is 1. The summed E-state index contributed by atoms with van der Waals surface area (Å²) in [6.07, 6.45) is 0.841. The summed E-state index contributed by atoms with van der Waals surface area (Å²) in [6.45, 7) is 2.38. The van der Waals surface area contributed by atoms with Gasteiger partial charge in [0.05, 0.1) is 11.0 Å². The first-order valence-electron chi connectivity index (χ1n) is 6.22. The third-order valence-electron chi connectivity index (χ3n) is 3.33. The molecule has 6 heteroatoms. The minimum atomic E-state index is -0.540. The molecule has 1 fully saturated rings. The molecule has 1 aliphatic heterocycles. The molecule has 2 rings (SSSR count). The van der Waals surface area contributed by atoms with Gasteiger partial charge in [-0.15, -0.1) is 0 Å². The number of amides is 1. The number of para-hydroxylation sites is 1. The molecule has 1 aliphatic rings. The van der Waals surface area contributed by atoms with Crippen LogP contribution in [0, 0.1) is 17.0 Å². The second-order valence-electron chi connectivity index (χ2n) is 4.78. The van der Waals surface area contributed by atoms with Crippen molar-refractivity contribution in [1.82, 2.24) is 4.90 Å². The van der Waals surface area contributed by atoms with Gasteiger partial charge in [0.2, 0.25) is 0 Å². The highest BCUT2D eigenvalue weighted by molar-refractivity contribution is 5.98. The highest BCUT2D eigenvalue weighted by Gasteiger charge is 2.29. The Kier molecular flexibility index (Phi) is 3.80. The Morgan fingerprint density at radius 1 is 1.53 bits per heavy atom. The number of aliphatic hydroxyl groups is 1. The molecule has 1 aromatic rings. The van der Waals surface area contributed by atoms with Crippen molar-refractivity contribution >= 4 is 11.6 Å². The Labute approximate surface area is 110 Å². The van der Waals surface area contributed by atoms with Gasteiger partial charge < -0.3 is 10.0 Å². The van der Waals surface area contributed by atoms with Gasteiger partial charge in [-0.3, -0.25) is 14.9 Å². The fraction of sp³-hybridized carbons (Fsp3) is 0.462. The first kappa shape index (κ1) is 13.5. The van der Waals surface area contributed by atoms with Crippen LogP contribution in [0.3, 0.4) is 0 Å². The van der Waals surface area contributed by atoms with E-state index in [9.17, 15) is 20.0 Å². The Hall–Kier alpha value is -1.95. The normalized spacial score (nSPS) is 19.3. The summed E-state index contributed by atoms with van der Waals surface area (Å²) in [7, 11) is 0. The van der Waals surface area contributed by atoms with Crippen LogP contribution in [0.4, 0.5) is 5.69 Å². The summed E-state index contributed by atoms with van der Waals surface area (Å²) in [4.78, 5) is 24.4. The zero-order valence-electron chi connectivity index (χ0n) is 10.7. The van der Waals surface area contributed by atoms with Crippen molar-refractivity contribution in [2.24, 2.45) is 0 Å². The van der Waals surface area contributed by atoms with E-state index in [4.69, 9.17) is 0 Å². The molecule has 0 aliphatic carbocycles. The van der Waals surface area contributed by atoms with Gasteiger partial charge in [0.15, 0.2) is 0 Å². The maximum absolute atomic E-state index is 12.3. The first-order chi connectivity index (χ1) is 9.00. The summed E-state index contributed by atoms with van der Waals surface area (Å²) < 4.78 is 0. The van der Waals surface area contributed by atoms with Crippen LogP contribution >= 0.6 is 0 Å². The molecular formula is C13H16N2O4. The van der Waals surface area contributed by atoms with Crippen LogP contribution in [0.5, 0.6) is 0 Å². The lowest BCUT2D eigenvalue weighted by Gasteiger charge is -2.30. The van der Waals surface area contributed by atoms with Crippen molar-refractivity contribution in [2.45, 2.75) is 25.9 Å². The molecule has 1 saturated heterocycles. The van der Waals surface area contributed by atoms with Crippen molar-refractivity contribution in [1.29, 1.82) is 0 Å². The van der Waals surface area contributed by atoms with Crippen molar-refractivity contribution in [3.63, 3.8) is 0 Å². The van der Waals surface area contributed by atoms with Crippen LogP contribution in [0.25, 0.3) is 0 Å². The van der Waals surface area contributed by atoms with Crippen molar-refractivity contribution in [3.05, 3.63) is 39.4 Å². The molecule has 6 nitrogen and oxygen atoms in total. The molecule has 0 bridgehead atoms. The predicted molar refractivity (Wildman–Crippen MR) is 69.0 cm³/mol. The zero-order chi connectivity index (χ0) is 14.0. The summed E-state index contributed by atoms with van der Waals surface area (Å²) in [5, 5.41) is 20.7. The van der Waals surface area contributed by atoms with Crippen LogP contribution in [0.2, 0.25) is 0 Å². The Morgan fingerprint density at radius 3 is 2.89 bits per heavy atom. The standard InChI is InChI=1S/C13H16N2O4/c1-9-4-2-6-11(12(9)15(18)19)13(17)14-7-3-5-10(16)8-14/h2,4,6,10,16H,3,5,7-8H2,1H3/t10-/m0/s1. The molecule has 1 aromatic carbocycles. The third-order valence-corrected chi connectivity index (χ3v) is 3.33. The molecule has 0 spiro atoms. The number of nitrogens with zero attached hydrogens (tertiary/aromatic N) is 2. The zero-order valence-corrected chi connectivity index (χ0v) is 10.7. The lowest BCUT2D eigenvalue weighted by atomic mass is 10.0. The summed E-state index contributed by atoms with van der Waals surface area (Å²) in [6, 6.07) is 4.71. The molecule has 0 radical (unpaired) electrons. The minimum absolute atomic E-state index is 0.0964. The Bertz CT molecular complexity index is 515. The number of aryl methyl sites for hydroxylation is 1. The largest absolute Gasteiger partial charge is 0.391 e. The lowest BCUT2D eigenvalue weighted by molar-refractivity contribution is -0.385. The highest BCUT2D eigenvalue weighted by atomic mass is 16.6. The Balaban J connectivity index is 2.33. The molecule has 1 heterocycles. The summed E-state index contributed by atoms with van der Waals surface area (Å²) >= 11 is 0. The fourth-order valence-corrected chi connectivity index (χ4v) is 2.38. The second kappa shape index (κ2) is 5.36. The van der Waals surface area contributed by atoms with Crippen molar-refractivity contribution in [3.8, 4) is 0 Å². The average Bonchev–Trinajstić information content (AvgIpc) is 2.37. The van der Waals surface area contributed by atoms with Gasteiger partial charge in [-0.05, 0) is 25.8 Å². The average molecular weight is 264 g/mol. The van der Waals surface area contributed by atoms with E-state index in [0.717, 1.165) is 0 Å². The monoisotopic (exact) mass is 264 g/mol. The van der Waals surface area contributed by atoms with Gasteiger partial charge >= 0.3 is 0 Å². The number of hydrogen-bond acceptors (Lipinski definition) is 4. The summed E-state index contributed by atoms with van der Waals surface area (Å²) in [5.41, 5.74) is 0.417. The van der Waals surface area contributed by atoms with E-state index >= 15 is 0 Å². The molecule has 19 heavy (non-hydrogen) atoms. The molecule has 1 N–H and O–H groups in total. The van der Waals surface area contributed by atoms with Crippen LogP contribution in [-0.4, -0.2) is 40.0 Å². The SMILES string of the molecule is Cc1cccc(C(=O)N2CCC[C@H](O)C2)c1[N+](=O)[O-]. The van der Waals surface area contributed by atoms with E-state index in [0.29, 0.717) is 24.9 Å². The van der Waals surface area contributed by atoms with E-state index in [1.54, 1.807) is 19.1 Å². The van der Waals surface area contributed by atoms with Crippen LogP contribution < -0.4 is 0 Å². The van der Waals surface area contributed by atoms with Crippen molar-refractivity contribution in [2.75, 3.05) is 13.1 Å². The maximum Gasteiger partial charge on any atom is 0.285 e. The van der Waals surface area contributed by atoms with Crippen LogP contribution in [0.15, 0.2) is 18.2 Å². The maximum atomic E-state index is 12.3. The smallest absolute Gasteiger partial charge is 0.285 e. The van der Waals surface area contributed by atoms with Crippen molar-refractivity contribution < 1.29 is 14.8 Å². The summed E-state index contributed by atoms with van der Waals surface area (Å²) in [5.74, 6) is -0.380. The van der Waals surface area contributed by atoms with E-state index in [-0.39, 0.29) is 23.7 Å². The van der Waals surface area contributed by atoms with Gasteiger partial charge in [0.25, 0.3) is 11.6 Å². The number of β-amino-alcohol motifs (C(OH)–C–C–N with tert-alkyl or cyclic N) is 1. The molecule has 102 valence electrons. The molecule has 0 aromatic heterocycles. The topological polar surface area (TPSA) is 83.7 Å². The molecular weight excluding hydrogens is 248 g/mol. The van der Waals surface area contributed by atoms with E-state index in [1.807, 2.05) is 0 Å². The fourth-order valence-electron chi connectivity index (χ4n) is 2.38. The number of benzene rings is 1. The Morgan fingerprint density at radius 2 is 2.26 bits per heavy atom. The molecule has 1 amide bonds. The van der Waals surface area contributed by atoms with Gasteiger partial charge in [0, 0.05) is 18.7 Å². The number of hydrogen-bond donors (Lipinski definition) is 1. The third kappa shape index (κ3) is 2.73. The predicted octanol–water partition coefficient (Wildman–Crippen LogP) is 1.50. The first-order valence-corrected chi connectivity index (χ1v) is 6.22. The quantitative estimate of drug-likeness (QED) is 0.648. The number of rotatable bonds is 2. The number of carbonyl (C=O) groups excluding carboxylic acids is 1. The van der Waals surface area contributed by atoms with Gasteiger partial charge in [-0.1, -0.05) is 12.1 Å². The molecule has 1 atom stereocenters. The molecule has 0 saturated carbocycles. The second-order valence-corrected chi connectivity index (χ2v) is 4.78. The number of likely N-dealkylation sites (tertiary alicyclic amines) is 1. The number of carbonyl (C=O) groups is 1. The number of nitro benzene ring substituents is 1. The van der Waals surface area contributed by atoms with Crippen LogP contribution in [-0.2, 0) is 0 Å². The van der Waals surface area contributed by atoms with E-state index < -0.39 is 11.0 Å². The van der Waals surface area contributed by atoms with E-state index in [1.165, 1.54) is 11.0 Å². The number of aliphatic hydroxyl groups excluding tert-OH is 1. The van der Waals surface area contributed by atoms with E-state index in [2.05, 4.69) is 0 Å². The number of nitro groups is 1. The van der Waals surface area contributed by atoms with Gasteiger partial charge in [0.1, 0.15) is 5.56 Å². The lowest BCUT2D eigenvalue weighted by Crippen LogP contribution is -2.42. The molecule has 0 unspecified atom stereocenters. The van der Waals surface area contributed by atoms with Crippen LogP contribution in [0.1, 0.15) is 28.8 Å². The minimum Gasteiger partial charge on any atom is -0.391 e. The van der Waals surface area contributed by atoms with Gasteiger partial charge in [-0.25, -0.2) is 0 Å².